The van der Waals surface area contributed by atoms with E-state index >= 15 is 0 Å². The zero-order valence-electron chi connectivity index (χ0n) is 17.1. The molecule has 1 saturated heterocycles. The maximum absolute atomic E-state index is 6.06. The second-order valence-corrected chi connectivity index (χ2v) is 8.43. The number of hydrogen-bond donors (Lipinski definition) is 1. The molecule has 0 bridgehead atoms. The van der Waals surface area contributed by atoms with Crippen molar-refractivity contribution in [3.05, 3.63) is 41.6 Å². The molecule has 3 aliphatic heterocycles. The lowest BCUT2D eigenvalue weighted by molar-refractivity contribution is 0.218. The van der Waals surface area contributed by atoms with Gasteiger partial charge in [0.05, 0.1) is 29.8 Å². The summed E-state index contributed by atoms with van der Waals surface area (Å²) in [6.45, 7) is 6.58. The molecule has 7 nitrogen and oxygen atoms in total. The minimum absolute atomic E-state index is 0.298. The molecule has 0 amide bonds. The van der Waals surface area contributed by atoms with Crippen LogP contribution in [0.5, 0.6) is 0 Å². The van der Waals surface area contributed by atoms with Crippen molar-refractivity contribution in [2.75, 3.05) is 36.0 Å². The van der Waals surface area contributed by atoms with Gasteiger partial charge in [0.1, 0.15) is 11.5 Å². The fourth-order valence-electron chi connectivity index (χ4n) is 4.83. The van der Waals surface area contributed by atoms with E-state index in [0.717, 1.165) is 92.7 Å². The van der Waals surface area contributed by atoms with Crippen LogP contribution in [0.25, 0.3) is 0 Å². The van der Waals surface area contributed by atoms with Crippen molar-refractivity contribution >= 4 is 17.3 Å². The Kier molecular flexibility index (Phi) is 4.70. The van der Waals surface area contributed by atoms with Crippen LogP contribution in [-0.4, -0.2) is 47.0 Å². The molecule has 0 aliphatic carbocycles. The maximum atomic E-state index is 6.06. The number of pyridine rings is 1. The lowest BCUT2D eigenvalue weighted by atomic mass is 9.76. The largest absolute Gasteiger partial charge is 0.355 e. The van der Waals surface area contributed by atoms with Gasteiger partial charge in [-0.15, -0.1) is 0 Å². The van der Waals surface area contributed by atoms with Crippen LogP contribution in [0.2, 0.25) is 0 Å². The van der Waals surface area contributed by atoms with Crippen molar-refractivity contribution in [3.63, 3.8) is 0 Å². The maximum Gasteiger partial charge on any atom is 0.156 e. The van der Waals surface area contributed by atoms with Gasteiger partial charge < -0.3 is 15.5 Å². The predicted octanol–water partition coefficient (Wildman–Crippen LogP) is 2.54. The summed E-state index contributed by atoms with van der Waals surface area (Å²) in [6.07, 6.45) is 9.30. The highest BCUT2D eigenvalue weighted by atomic mass is 15.3. The number of aromatic nitrogens is 3. The topological polar surface area (TPSA) is 83.5 Å². The van der Waals surface area contributed by atoms with Gasteiger partial charge >= 0.3 is 0 Å². The van der Waals surface area contributed by atoms with Crippen LogP contribution in [0.1, 0.15) is 49.7 Å². The summed E-state index contributed by atoms with van der Waals surface area (Å²) < 4.78 is 0. The summed E-state index contributed by atoms with van der Waals surface area (Å²) in [5.41, 5.74) is 10.6. The van der Waals surface area contributed by atoms with Gasteiger partial charge in [0.15, 0.2) is 5.84 Å². The number of anilines is 2. The number of amidine groups is 1. The van der Waals surface area contributed by atoms with Crippen molar-refractivity contribution in [3.8, 4) is 0 Å². The smallest absolute Gasteiger partial charge is 0.156 e. The van der Waals surface area contributed by atoms with E-state index in [2.05, 4.69) is 27.8 Å². The monoisotopic (exact) mass is 391 g/mol. The highest BCUT2D eigenvalue weighted by molar-refractivity contribution is 6.11. The Labute approximate surface area is 172 Å². The minimum Gasteiger partial charge on any atom is -0.355 e. The molecule has 0 aromatic carbocycles. The lowest BCUT2D eigenvalue weighted by Gasteiger charge is -2.41. The average molecular weight is 392 g/mol. The van der Waals surface area contributed by atoms with Gasteiger partial charge in [-0.3, -0.25) is 9.98 Å². The van der Waals surface area contributed by atoms with Gasteiger partial charge in [0, 0.05) is 25.8 Å². The first-order valence-corrected chi connectivity index (χ1v) is 10.8. The first kappa shape index (κ1) is 18.5. The summed E-state index contributed by atoms with van der Waals surface area (Å²) in [5.74, 6) is 1.92. The van der Waals surface area contributed by atoms with Gasteiger partial charge in [-0.1, -0.05) is 6.92 Å². The number of aryl methyl sites for hydroxylation is 1. The van der Waals surface area contributed by atoms with Crippen LogP contribution in [-0.2, 0) is 13.0 Å². The van der Waals surface area contributed by atoms with E-state index in [1.165, 1.54) is 0 Å². The standard InChI is InChI=1S/C22H29N7/c1-2-22(15-23)7-11-28(12-8-22)19-14-25-20-17(27-19)13-26-21(20)29-10-4-5-16-18(29)6-3-9-24-16/h3,6,9,14H,2,4-5,7-8,10-13,15,23H2,1H3. The third-order valence-electron chi connectivity index (χ3n) is 6.96. The van der Waals surface area contributed by atoms with Gasteiger partial charge in [-0.25, -0.2) is 9.97 Å². The predicted molar refractivity (Wildman–Crippen MR) is 115 cm³/mol. The minimum atomic E-state index is 0.298. The molecule has 5 rings (SSSR count). The quantitative estimate of drug-likeness (QED) is 0.866. The first-order valence-electron chi connectivity index (χ1n) is 10.8. The second-order valence-electron chi connectivity index (χ2n) is 8.43. The SMILES string of the molecule is CCC1(CN)CCN(c2cnc3c(n2)CN=C3N2CCCc3ncccc32)CC1. The van der Waals surface area contributed by atoms with Crippen molar-refractivity contribution in [1.82, 2.24) is 15.0 Å². The number of piperidine rings is 1. The van der Waals surface area contributed by atoms with Gasteiger partial charge in [0.25, 0.3) is 0 Å². The summed E-state index contributed by atoms with van der Waals surface area (Å²) in [4.78, 5) is 23.8. The molecule has 1 fully saturated rings. The van der Waals surface area contributed by atoms with E-state index in [1.54, 1.807) is 0 Å². The molecule has 7 heteroatoms. The fourth-order valence-corrected chi connectivity index (χ4v) is 4.83. The van der Waals surface area contributed by atoms with E-state index < -0.39 is 0 Å². The lowest BCUT2D eigenvalue weighted by Crippen LogP contribution is -2.44. The van der Waals surface area contributed by atoms with Crippen LogP contribution < -0.4 is 15.5 Å². The molecule has 0 spiro atoms. The Morgan fingerprint density at radius 2 is 2.00 bits per heavy atom. The van der Waals surface area contributed by atoms with Crippen molar-refractivity contribution in [2.24, 2.45) is 16.1 Å². The Bertz CT molecular complexity index is 925. The summed E-state index contributed by atoms with van der Waals surface area (Å²) in [7, 11) is 0. The number of aliphatic imine (C=N–C) groups is 1. The zero-order chi connectivity index (χ0) is 19.8. The zero-order valence-corrected chi connectivity index (χ0v) is 17.1. The molecule has 5 heterocycles. The van der Waals surface area contributed by atoms with E-state index in [4.69, 9.17) is 20.7 Å². The van der Waals surface area contributed by atoms with Gasteiger partial charge in [-0.2, -0.15) is 0 Å². The van der Waals surface area contributed by atoms with Crippen molar-refractivity contribution < 1.29 is 0 Å². The number of nitrogens with two attached hydrogens (primary N) is 1. The third-order valence-corrected chi connectivity index (χ3v) is 6.96. The molecule has 2 N–H and O–H groups in total. The second kappa shape index (κ2) is 7.37. The van der Waals surface area contributed by atoms with Crippen LogP contribution in [0.15, 0.2) is 29.5 Å². The van der Waals surface area contributed by atoms with Crippen LogP contribution in [0.3, 0.4) is 0 Å². The number of nitrogens with zero attached hydrogens (tertiary/aromatic N) is 6. The van der Waals surface area contributed by atoms with Crippen molar-refractivity contribution in [2.45, 2.75) is 45.6 Å². The summed E-state index contributed by atoms with van der Waals surface area (Å²) in [6, 6.07) is 4.13. The molecule has 0 atom stereocenters. The normalized spacial score (nSPS) is 20.3. The van der Waals surface area contributed by atoms with Crippen LogP contribution in [0.4, 0.5) is 11.5 Å². The van der Waals surface area contributed by atoms with Crippen LogP contribution >= 0.6 is 0 Å². The van der Waals surface area contributed by atoms with E-state index in [9.17, 15) is 0 Å². The van der Waals surface area contributed by atoms with E-state index in [1.807, 2.05) is 18.5 Å². The van der Waals surface area contributed by atoms with Crippen LogP contribution in [0, 0.1) is 5.41 Å². The Hall–Kier alpha value is -2.54. The first-order chi connectivity index (χ1) is 14.2. The number of hydrogen-bond acceptors (Lipinski definition) is 7. The molecule has 29 heavy (non-hydrogen) atoms. The molecular formula is C22H29N7. The Morgan fingerprint density at radius 1 is 1.14 bits per heavy atom. The summed E-state index contributed by atoms with van der Waals surface area (Å²) >= 11 is 0. The third kappa shape index (κ3) is 3.17. The highest BCUT2D eigenvalue weighted by Gasteiger charge is 2.33. The molecule has 3 aliphatic rings. The Morgan fingerprint density at radius 3 is 2.79 bits per heavy atom. The Balaban J connectivity index is 1.36. The molecule has 0 radical (unpaired) electrons. The highest BCUT2D eigenvalue weighted by Crippen LogP contribution is 2.35. The molecule has 0 saturated carbocycles. The molecule has 152 valence electrons. The number of fused-ring (bicyclic) bond motifs is 2. The fraction of sp³-hybridized carbons (Fsp3) is 0.545. The number of rotatable bonds is 3. The molecule has 0 unspecified atom stereocenters. The van der Waals surface area contributed by atoms with Crippen molar-refractivity contribution in [1.29, 1.82) is 0 Å². The van der Waals surface area contributed by atoms with E-state index in [0.29, 0.717) is 12.0 Å². The molecular weight excluding hydrogens is 362 g/mol. The van der Waals surface area contributed by atoms with Gasteiger partial charge in [-0.05, 0) is 56.2 Å². The van der Waals surface area contributed by atoms with E-state index in [-0.39, 0.29) is 0 Å². The van der Waals surface area contributed by atoms with Gasteiger partial charge in [0.2, 0.25) is 0 Å². The molecule has 2 aromatic rings. The molecule has 2 aromatic heterocycles. The summed E-state index contributed by atoms with van der Waals surface area (Å²) in [5, 5.41) is 0. The average Bonchev–Trinajstić information content (AvgIpc) is 3.22.